The highest BCUT2D eigenvalue weighted by Gasteiger charge is 2.24. The number of carboxylic acids is 1. The van der Waals surface area contributed by atoms with E-state index < -0.39 is 5.97 Å². The lowest BCUT2D eigenvalue weighted by Crippen LogP contribution is -2.18. The topological polar surface area (TPSA) is 112 Å². The van der Waals surface area contributed by atoms with Crippen LogP contribution in [0, 0.1) is 0 Å². The molecule has 0 unspecified atom stereocenters. The summed E-state index contributed by atoms with van der Waals surface area (Å²) in [5.41, 5.74) is 10.7. The first-order chi connectivity index (χ1) is 18.5. The molecule has 8 heteroatoms. The van der Waals surface area contributed by atoms with Crippen molar-refractivity contribution in [3.8, 4) is 22.6 Å². The Bertz CT molecular complexity index is 1670. The first-order valence-electron chi connectivity index (χ1n) is 12.7. The fourth-order valence-electron chi connectivity index (χ4n) is 5.04. The number of nitrogen functional groups attached to an aromatic ring is 1. The van der Waals surface area contributed by atoms with Gasteiger partial charge >= 0.3 is 5.97 Å². The van der Waals surface area contributed by atoms with Crippen molar-refractivity contribution < 1.29 is 19.4 Å². The second-order valence-corrected chi connectivity index (χ2v) is 9.67. The number of anilines is 1. The molecule has 1 aliphatic rings. The van der Waals surface area contributed by atoms with Crippen molar-refractivity contribution in [2.45, 2.75) is 38.3 Å². The summed E-state index contributed by atoms with van der Waals surface area (Å²) in [4.78, 5) is 15.7. The van der Waals surface area contributed by atoms with Gasteiger partial charge in [-0.1, -0.05) is 18.2 Å². The quantitative estimate of drug-likeness (QED) is 0.273. The number of nitrogens with two attached hydrogens (primary N) is 1. The van der Waals surface area contributed by atoms with Crippen LogP contribution in [0.5, 0.6) is 11.5 Å². The Kier molecular flexibility index (Phi) is 6.07. The number of pyridine rings is 1. The maximum absolute atomic E-state index is 11.4. The third-order valence-corrected chi connectivity index (χ3v) is 7.31. The zero-order valence-electron chi connectivity index (χ0n) is 21.1. The van der Waals surface area contributed by atoms with Gasteiger partial charge < -0.3 is 20.3 Å². The van der Waals surface area contributed by atoms with Crippen molar-refractivity contribution in [2.75, 3.05) is 12.8 Å². The molecule has 38 heavy (non-hydrogen) atoms. The van der Waals surface area contributed by atoms with Crippen LogP contribution in [0.1, 0.15) is 36.6 Å². The maximum atomic E-state index is 11.4. The number of aliphatic carboxylic acids is 1. The summed E-state index contributed by atoms with van der Waals surface area (Å²) >= 11 is 0. The fraction of sp³-hybridized carbons (Fsp3) is 0.233. The molecule has 192 valence electrons. The van der Waals surface area contributed by atoms with Crippen molar-refractivity contribution in [1.29, 1.82) is 0 Å². The van der Waals surface area contributed by atoms with Crippen molar-refractivity contribution in [3.05, 3.63) is 78.1 Å². The number of carbonyl (C=O) groups is 1. The molecule has 1 fully saturated rings. The van der Waals surface area contributed by atoms with E-state index in [-0.39, 0.29) is 13.0 Å². The number of nitrogens with zero attached hydrogens (tertiary/aromatic N) is 3. The molecule has 2 heterocycles. The van der Waals surface area contributed by atoms with E-state index in [0.717, 1.165) is 51.3 Å². The van der Waals surface area contributed by atoms with Gasteiger partial charge in [0.1, 0.15) is 29.6 Å². The lowest BCUT2D eigenvalue weighted by Gasteiger charge is -2.26. The molecule has 0 spiro atoms. The highest BCUT2D eigenvalue weighted by atomic mass is 16.5. The molecule has 0 radical (unpaired) electrons. The van der Waals surface area contributed by atoms with Crippen LogP contribution < -0.4 is 15.2 Å². The molecule has 0 atom stereocenters. The summed E-state index contributed by atoms with van der Waals surface area (Å²) in [5, 5.41) is 17.3. The Labute approximate surface area is 219 Å². The zero-order valence-corrected chi connectivity index (χ0v) is 21.1. The van der Waals surface area contributed by atoms with Crippen LogP contribution in [0.25, 0.3) is 32.8 Å². The van der Waals surface area contributed by atoms with Gasteiger partial charge in [0.25, 0.3) is 0 Å². The first-order valence-corrected chi connectivity index (χ1v) is 12.7. The number of aromatic nitrogens is 3. The molecule has 0 bridgehead atoms. The van der Waals surface area contributed by atoms with Crippen LogP contribution in [-0.2, 0) is 17.8 Å². The molecule has 8 nitrogen and oxygen atoms in total. The van der Waals surface area contributed by atoms with Crippen LogP contribution in [0.4, 0.5) is 5.82 Å². The van der Waals surface area contributed by atoms with E-state index in [1.54, 1.807) is 31.5 Å². The number of rotatable bonds is 8. The second-order valence-electron chi connectivity index (χ2n) is 9.67. The summed E-state index contributed by atoms with van der Waals surface area (Å²) in [7, 11) is 1.55. The fourth-order valence-corrected chi connectivity index (χ4v) is 5.04. The number of carboxylic acid groups (broad SMARTS) is 1. The van der Waals surface area contributed by atoms with E-state index in [4.69, 9.17) is 20.3 Å². The number of methoxy groups -OCH3 is 1. The van der Waals surface area contributed by atoms with Gasteiger partial charge in [0.2, 0.25) is 0 Å². The summed E-state index contributed by atoms with van der Waals surface area (Å²) < 4.78 is 13.6. The van der Waals surface area contributed by atoms with Gasteiger partial charge in [-0.15, -0.1) is 0 Å². The molecule has 0 amide bonds. The molecular formula is C30H28N4O4. The smallest absolute Gasteiger partial charge is 0.307 e. The standard InChI is InChI=1S/C30H28N4O4/c1-37-23-8-10-28(21(13-23)16-29(35)36)38-17-26-25-15-20(7-9-27(25)34(33-26)22-3-2-4-22)19-6-5-18-11-12-32-30(31)24(18)14-19/h5-15,22H,2-4,16-17H2,1H3,(H2,31,32)(H,35,36). The summed E-state index contributed by atoms with van der Waals surface area (Å²) in [6.07, 6.45) is 4.98. The molecular weight excluding hydrogens is 480 g/mol. The van der Waals surface area contributed by atoms with Crippen molar-refractivity contribution in [2.24, 2.45) is 0 Å². The molecule has 1 aliphatic carbocycles. The maximum Gasteiger partial charge on any atom is 0.307 e. The molecule has 3 aromatic carbocycles. The second kappa shape index (κ2) is 9.70. The van der Waals surface area contributed by atoms with Crippen molar-refractivity contribution in [1.82, 2.24) is 14.8 Å². The van der Waals surface area contributed by atoms with Crippen LogP contribution in [-0.4, -0.2) is 33.0 Å². The van der Waals surface area contributed by atoms with Crippen molar-refractivity contribution >= 4 is 33.5 Å². The number of fused-ring (bicyclic) bond motifs is 2. The molecule has 2 aromatic heterocycles. The number of ether oxygens (including phenoxy) is 2. The normalized spacial score (nSPS) is 13.5. The average molecular weight is 509 g/mol. The third kappa shape index (κ3) is 4.38. The number of benzene rings is 3. The summed E-state index contributed by atoms with van der Waals surface area (Å²) in [6.45, 7) is 0.215. The van der Waals surface area contributed by atoms with E-state index >= 15 is 0 Å². The zero-order chi connectivity index (χ0) is 26.2. The highest BCUT2D eigenvalue weighted by molar-refractivity contribution is 5.95. The molecule has 1 saturated carbocycles. The number of hydrogen-bond donors (Lipinski definition) is 2. The van der Waals surface area contributed by atoms with Crippen molar-refractivity contribution in [3.63, 3.8) is 0 Å². The SMILES string of the molecule is COc1ccc(OCc2nn(C3CCC3)c3ccc(-c4ccc5ccnc(N)c5c4)cc23)c(CC(=O)O)c1. The Morgan fingerprint density at radius 2 is 1.84 bits per heavy atom. The summed E-state index contributed by atoms with van der Waals surface area (Å²) in [5.74, 6) is 0.671. The molecule has 5 aromatic rings. The Balaban J connectivity index is 1.38. The van der Waals surface area contributed by atoms with E-state index in [9.17, 15) is 9.90 Å². The lowest BCUT2D eigenvalue weighted by molar-refractivity contribution is -0.136. The van der Waals surface area contributed by atoms with Crippen LogP contribution in [0.15, 0.2) is 66.9 Å². The largest absolute Gasteiger partial charge is 0.497 e. The number of hydrogen-bond acceptors (Lipinski definition) is 6. The minimum Gasteiger partial charge on any atom is -0.497 e. The van der Waals surface area contributed by atoms with Gasteiger partial charge in [0, 0.05) is 22.5 Å². The Hall–Kier alpha value is -4.59. The first kappa shape index (κ1) is 23.8. The van der Waals surface area contributed by atoms with Crippen LogP contribution in [0.3, 0.4) is 0 Å². The predicted molar refractivity (Wildman–Crippen MR) is 146 cm³/mol. The Morgan fingerprint density at radius 3 is 2.58 bits per heavy atom. The van der Waals surface area contributed by atoms with E-state index in [0.29, 0.717) is 28.9 Å². The summed E-state index contributed by atoms with van der Waals surface area (Å²) in [6, 6.07) is 20.2. The van der Waals surface area contributed by atoms with Gasteiger partial charge in [-0.3, -0.25) is 9.48 Å². The van der Waals surface area contributed by atoms with E-state index in [1.165, 1.54) is 6.42 Å². The van der Waals surface area contributed by atoms with Gasteiger partial charge in [-0.05, 0) is 78.2 Å². The van der Waals surface area contributed by atoms with Crippen LogP contribution in [0.2, 0.25) is 0 Å². The third-order valence-electron chi connectivity index (χ3n) is 7.31. The van der Waals surface area contributed by atoms with Gasteiger partial charge in [0.05, 0.1) is 25.1 Å². The van der Waals surface area contributed by atoms with E-state index in [1.807, 2.05) is 6.07 Å². The Morgan fingerprint density at radius 1 is 1.05 bits per heavy atom. The predicted octanol–water partition coefficient (Wildman–Crippen LogP) is 5.77. The van der Waals surface area contributed by atoms with Gasteiger partial charge in [0.15, 0.2) is 0 Å². The van der Waals surface area contributed by atoms with Gasteiger partial charge in [-0.25, -0.2) is 4.98 Å². The van der Waals surface area contributed by atoms with Gasteiger partial charge in [-0.2, -0.15) is 5.10 Å². The lowest BCUT2D eigenvalue weighted by atomic mass is 9.93. The molecule has 3 N–H and O–H groups in total. The van der Waals surface area contributed by atoms with E-state index in [2.05, 4.69) is 46.1 Å². The average Bonchev–Trinajstić information content (AvgIpc) is 3.24. The molecule has 0 saturated heterocycles. The highest BCUT2D eigenvalue weighted by Crippen LogP contribution is 2.37. The minimum atomic E-state index is -0.932. The monoisotopic (exact) mass is 508 g/mol. The molecule has 6 rings (SSSR count). The van der Waals surface area contributed by atoms with Crippen LogP contribution >= 0.6 is 0 Å². The molecule has 0 aliphatic heterocycles. The minimum absolute atomic E-state index is 0.159.